The van der Waals surface area contributed by atoms with Crippen LogP contribution in [0.1, 0.15) is 5.56 Å². The van der Waals surface area contributed by atoms with Gasteiger partial charge in [-0.1, -0.05) is 30.3 Å². The Morgan fingerprint density at radius 1 is 1.21 bits per heavy atom. The fourth-order valence-electron chi connectivity index (χ4n) is 2.34. The molecule has 3 aromatic rings. The minimum absolute atomic E-state index is 0.113. The fourth-order valence-corrected chi connectivity index (χ4v) is 2.34. The number of phenols is 1. The Bertz CT molecular complexity index is 962. The highest BCUT2D eigenvalue weighted by Gasteiger charge is 2.11. The quantitative estimate of drug-likeness (QED) is 0.465. The van der Waals surface area contributed by atoms with Crippen molar-refractivity contribution in [1.29, 1.82) is 0 Å². The average molecular weight is 382 g/mol. The number of amides is 1. The first-order valence-electron chi connectivity index (χ1n) is 8.21. The third-order valence-corrected chi connectivity index (χ3v) is 3.67. The van der Waals surface area contributed by atoms with Crippen LogP contribution in [0.15, 0.2) is 47.6 Å². The van der Waals surface area contributed by atoms with Gasteiger partial charge in [-0.3, -0.25) is 4.79 Å². The molecule has 2 aromatic carbocycles. The monoisotopic (exact) mass is 382 g/mol. The number of aromatic nitrogens is 4. The van der Waals surface area contributed by atoms with Gasteiger partial charge in [0.25, 0.3) is 5.91 Å². The van der Waals surface area contributed by atoms with Gasteiger partial charge >= 0.3 is 0 Å². The molecule has 0 saturated heterocycles. The molecule has 1 amide bonds. The number of hydrogen-bond acceptors (Lipinski definition) is 8. The summed E-state index contributed by atoms with van der Waals surface area (Å²) in [4.78, 5) is 13.2. The lowest BCUT2D eigenvalue weighted by Gasteiger charge is -2.09. The molecule has 1 aromatic heterocycles. The van der Waals surface area contributed by atoms with Crippen molar-refractivity contribution in [3.63, 3.8) is 0 Å². The topological polar surface area (TPSA) is 124 Å². The number of rotatable bonds is 7. The molecule has 1 heterocycles. The number of ether oxygens (including phenoxy) is 2. The van der Waals surface area contributed by atoms with Crippen molar-refractivity contribution < 1.29 is 19.4 Å². The first kappa shape index (κ1) is 18.8. The number of phenolic OH excluding ortho intramolecular Hbond substituents is 1. The van der Waals surface area contributed by atoms with Gasteiger partial charge in [0.15, 0.2) is 11.5 Å². The van der Waals surface area contributed by atoms with E-state index in [9.17, 15) is 9.90 Å². The summed E-state index contributed by atoms with van der Waals surface area (Å²) in [5, 5.41) is 25.7. The van der Waals surface area contributed by atoms with Crippen LogP contribution >= 0.6 is 0 Å². The zero-order chi connectivity index (χ0) is 19.9. The van der Waals surface area contributed by atoms with E-state index in [-0.39, 0.29) is 23.8 Å². The maximum atomic E-state index is 12.0. The first-order valence-corrected chi connectivity index (χ1v) is 8.21. The molecule has 0 radical (unpaired) electrons. The smallest absolute Gasteiger partial charge is 0.263 e. The van der Waals surface area contributed by atoms with Gasteiger partial charge in [0, 0.05) is 11.1 Å². The van der Waals surface area contributed by atoms with E-state index in [2.05, 4.69) is 25.9 Å². The number of carbonyl (C=O) groups excluding carboxylic acids is 1. The molecule has 28 heavy (non-hydrogen) atoms. The molecule has 2 N–H and O–H groups in total. The molecule has 0 saturated carbocycles. The van der Waals surface area contributed by atoms with E-state index >= 15 is 0 Å². The molecule has 0 aliphatic rings. The summed E-state index contributed by atoms with van der Waals surface area (Å²) in [5.74, 6) is 0.351. The predicted octanol–water partition coefficient (Wildman–Crippen LogP) is 1.21. The van der Waals surface area contributed by atoms with Crippen LogP contribution in [0.3, 0.4) is 0 Å². The van der Waals surface area contributed by atoms with Crippen molar-refractivity contribution in [2.24, 2.45) is 5.10 Å². The number of hydrazone groups is 1. The van der Waals surface area contributed by atoms with Gasteiger partial charge in [-0.2, -0.15) is 9.90 Å². The lowest BCUT2D eigenvalue weighted by Crippen LogP contribution is -2.24. The average Bonchev–Trinajstić information content (AvgIpc) is 3.18. The summed E-state index contributed by atoms with van der Waals surface area (Å²) in [6, 6.07) is 12.4. The summed E-state index contributed by atoms with van der Waals surface area (Å²) in [7, 11) is 2.85. The number of hydrogen-bond donors (Lipinski definition) is 2. The second kappa shape index (κ2) is 8.62. The third kappa shape index (κ3) is 4.41. The molecule has 0 aliphatic carbocycles. The molecule has 0 atom stereocenters. The van der Waals surface area contributed by atoms with Crippen LogP contribution in [0.2, 0.25) is 0 Å². The predicted molar refractivity (Wildman–Crippen MR) is 100 cm³/mol. The Morgan fingerprint density at radius 2 is 1.89 bits per heavy atom. The van der Waals surface area contributed by atoms with Gasteiger partial charge in [-0.15, -0.1) is 10.2 Å². The van der Waals surface area contributed by atoms with Crippen molar-refractivity contribution in [2.75, 3.05) is 14.2 Å². The van der Waals surface area contributed by atoms with Crippen LogP contribution in [0, 0.1) is 0 Å². The van der Waals surface area contributed by atoms with Gasteiger partial charge < -0.3 is 14.6 Å². The molecule has 0 spiro atoms. The Balaban J connectivity index is 1.61. The van der Waals surface area contributed by atoms with E-state index in [1.165, 1.54) is 25.2 Å². The van der Waals surface area contributed by atoms with Crippen molar-refractivity contribution in [3.8, 4) is 28.6 Å². The van der Waals surface area contributed by atoms with Gasteiger partial charge in [0.2, 0.25) is 11.6 Å². The number of benzene rings is 2. The normalized spacial score (nSPS) is 10.8. The lowest BCUT2D eigenvalue weighted by molar-refractivity contribution is -0.122. The Kier molecular flexibility index (Phi) is 5.80. The number of tetrazole rings is 1. The number of carbonyl (C=O) groups is 1. The van der Waals surface area contributed by atoms with Gasteiger partial charge in [0.1, 0.15) is 6.54 Å². The summed E-state index contributed by atoms with van der Waals surface area (Å²) in [5.41, 5.74) is 3.75. The van der Waals surface area contributed by atoms with Crippen LogP contribution in [-0.2, 0) is 11.3 Å². The van der Waals surface area contributed by atoms with Gasteiger partial charge in [-0.25, -0.2) is 5.43 Å². The number of aromatic hydroxyl groups is 1. The highest BCUT2D eigenvalue weighted by atomic mass is 16.5. The zero-order valence-corrected chi connectivity index (χ0v) is 15.2. The number of nitrogens with zero attached hydrogens (tertiary/aromatic N) is 5. The fraction of sp³-hybridized carbons (Fsp3) is 0.167. The minimum Gasteiger partial charge on any atom is -0.502 e. The second-order valence-corrected chi connectivity index (χ2v) is 5.58. The van der Waals surface area contributed by atoms with Gasteiger partial charge in [-0.05, 0) is 17.3 Å². The maximum Gasteiger partial charge on any atom is 0.263 e. The number of methoxy groups -OCH3 is 2. The molecule has 0 unspecified atom stereocenters. The largest absolute Gasteiger partial charge is 0.502 e. The van der Waals surface area contributed by atoms with Crippen LogP contribution < -0.4 is 14.9 Å². The first-order chi connectivity index (χ1) is 13.6. The number of nitrogens with one attached hydrogen (secondary N) is 1. The van der Waals surface area contributed by atoms with Crippen molar-refractivity contribution >= 4 is 12.1 Å². The van der Waals surface area contributed by atoms with Crippen molar-refractivity contribution in [3.05, 3.63) is 48.0 Å². The van der Waals surface area contributed by atoms with Crippen LogP contribution in [-0.4, -0.2) is 51.7 Å². The molecule has 3 rings (SSSR count). The second-order valence-electron chi connectivity index (χ2n) is 5.58. The Labute approximate surface area is 160 Å². The Morgan fingerprint density at radius 3 is 2.54 bits per heavy atom. The van der Waals surface area contributed by atoms with E-state index in [0.717, 1.165) is 5.56 Å². The molecule has 10 nitrogen and oxygen atoms in total. The Hall–Kier alpha value is -3.95. The molecule has 0 aliphatic heterocycles. The SMILES string of the molecule is COc1cc(/C=N/NC(=O)Cn2nnc(-c3ccccc3)n2)cc(OC)c1O. The molecule has 0 bridgehead atoms. The lowest BCUT2D eigenvalue weighted by atomic mass is 10.2. The zero-order valence-electron chi connectivity index (χ0n) is 15.2. The van der Waals surface area contributed by atoms with E-state index < -0.39 is 5.91 Å². The summed E-state index contributed by atoms with van der Waals surface area (Å²) in [6.07, 6.45) is 1.40. The third-order valence-electron chi connectivity index (χ3n) is 3.67. The van der Waals surface area contributed by atoms with Gasteiger partial charge in [0.05, 0.1) is 20.4 Å². The molecule has 144 valence electrons. The molecular formula is C18H18N6O4. The molecular weight excluding hydrogens is 364 g/mol. The molecule has 0 fully saturated rings. The summed E-state index contributed by atoms with van der Waals surface area (Å²) < 4.78 is 10.1. The van der Waals surface area contributed by atoms with E-state index in [1.807, 2.05) is 30.3 Å². The maximum absolute atomic E-state index is 12.0. The van der Waals surface area contributed by atoms with Crippen LogP contribution in [0.4, 0.5) is 0 Å². The summed E-state index contributed by atoms with van der Waals surface area (Å²) in [6.45, 7) is -0.139. The molecule has 10 heteroatoms. The highest BCUT2D eigenvalue weighted by molar-refractivity contribution is 5.84. The highest BCUT2D eigenvalue weighted by Crippen LogP contribution is 2.36. The van der Waals surface area contributed by atoms with E-state index in [1.54, 1.807) is 12.1 Å². The van der Waals surface area contributed by atoms with Crippen LogP contribution in [0.5, 0.6) is 17.2 Å². The summed E-state index contributed by atoms with van der Waals surface area (Å²) >= 11 is 0. The van der Waals surface area contributed by atoms with Crippen molar-refractivity contribution in [2.45, 2.75) is 6.54 Å². The van der Waals surface area contributed by atoms with E-state index in [0.29, 0.717) is 11.4 Å². The standard InChI is InChI=1S/C18H18N6O4/c1-27-14-8-12(9-15(28-2)17(14)26)10-19-20-16(25)11-24-22-18(21-23-24)13-6-4-3-5-7-13/h3-10,26H,11H2,1-2H3,(H,20,25)/b19-10+. The van der Waals surface area contributed by atoms with Crippen LogP contribution in [0.25, 0.3) is 11.4 Å². The van der Waals surface area contributed by atoms with Crippen molar-refractivity contribution in [1.82, 2.24) is 25.6 Å². The van der Waals surface area contributed by atoms with E-state index in [4.69, 9.17) is 9.47 Å². The minimum atomic E-state index is -0.425.